The molecule has 1 fully saturated rings. The van der Waals surface area contributed by atoms with E-state index in [4.69, 9.17) is 16.7 Å². The second kappa shape index (κ2) is 6.26. The van der Waals surface area contributed by atoms with Crippen LogP contribution in [0.2, 0.25) is 5.02 Å². The molecule has 0 spiro atoms. The van der Waals surface area contributed by atoms with Gasteiger partial charge in [-0.25, -0.2) is 4.79 Å². The second-order valence-corrected chi connectivity index (χ2v) is 5.38. The fourth-order valence-electron chi connectivity index (χ4n) is 2.35. The van der Waals surface area contributed by atoms with Crippen LogP contribution in [0.1, 0.15) is 24.9 Å². The van der Waals surface area contributed by atoms with Gasteiger partial charge in [0.25, 0.3) is 0 Å². The summed E-state index contributed by atoms with van der Waals surface area (Å²) < 4.78 is 0. The predicted octanol–water partition coefficient (Wildman–Crippen LogP) is 2.42. The van der Waals surface area contributed by atoms with Crippen molar-refractivity contribution in [3.05, 3.63) is 34.9 Å². The maximum Gasteiger partial charge on any atom is 0.317 e. The van der Waals surface area contributed by atoms with Crippen molar-refractivity contribution in [3.8, 4) is 0 Å². The summed E-state index contributed by atoms with van der Waals surface area (Å²) in [6.45, 7) is 3.38. The Hall–Kier alpha value is -1.26. The normalized spacial score (nSPS) is 20.4. The molecule has 2 atom stereocenters. The number of carbonyl (C=O) groups excluding carboxylic acids is 1. The maximum atomic E-state index is 12.1. The summed E-state index contributed by atoms with van der Waals surface area (Å²) in [5, 5.41) is 12.7. The van der Waals surface area contributed by atoms with E-state index in [1.165, 1.54) is 0 Å². The molecule has 1 aromatic carbocycles. The van der Waals surface area contributed by atoms with Gasteiger partial charge in [0.2, 0.25) is 0 Å². The van der Waals surface area contributed by atoms with E-state index in [0.717, 1.165) is 12.0 Å². The Morgan fingerprint density at radius 1 is 1.58 bits per heavy atom. The van der Waals surface area contributed by atoms with Gasteiger partial charge in [0.1, 0.15) is 0 Å². The number of halogens is 1. The largest absolute Gasteiger partial charge is 0.396 e. The molecule has 0 radical (unpaired) electrons. The molecular weight excluding hydrogens is 264 g/mol. The Morgan fingerprint density at radius 2 is 2.32 bits per heavy atom. The molecule has 1 heterocycles. The van der Waals surface area contributed by atoms with Crippen LogP contribution in [0, 0.1) is 5.92 Å². The number of aliphatic hydroxyl groups excluding tert-OH is 1. The third-order valence-electron chi connectivity index (χ3n) is 3.54. The molecule has 2 unspecified atom stereocenters. The third-order valence-corrected chi connectivity index (χ3v) is 3.89. The van der Waals surface area contributed by atoms with Crippen LogP contribution in [0.3, 0.4) is 0 Å². The summed E-state index contributed by atoms with van der Waals surface area (Å²) in [5.74, 6) is 0.210. The summed E-state index contributed by atoms with van der Waals surface area (Å²) >= 11 is 6.11. The number of urea groups is 1. The van der Waals surface area contributed by atoms with Crippen LogP contribution < -0.4 is 5.32 Å². The zero-order valence-corrected chi connectivity index (χ0v) is 11.7. The van der Waals surface area contributed by atoms with Crippen molar-refractivity contribution in [1.82, 2.24) is 10.2 Å². The van der Waals surface area contributed by atoms with Gasteiger partial charge < -0.3 is 15.3 Å². The lowest BCUT2D eigenvalue weighted by Crippen LogP contribution is -2.39. The number of likely N-dealkylation sites (tertiary alicyclic amines) is 1. The monoisotopic (exact) mass is 282 g/mol. The van der Waals surface area contributed by atoms with Crippen LogP contribution in [-0.2, 0) is 0 Å². The van der Waals surface area contributed by atoms with Gasteiger partial charge in [-0.2, -0.15) is 0 Å². The molecule has 5 heteroatoms. The van der Waals surface area contributed by atoms with Gasteiger partial charge in [0, 0.05) is 30.6 Å². The summed E-state index contributed by atoms with van der Waals surface area (Å²) in [5.41, 5.74) is 0.912. The molecule has 4 nitrogen and oxygen atoms in total. The van der Waals surface area contributed by atoms with E-state index in [9.17, 15) is 4.79 Å². The minimum atomic E-state index is -0.130. The van der Waals surface area contributed by atoms with Gasteiger partial charge >= 0.3 is 6.03 Å². The standard InChI is InChI=1S/C14H19ClN2O2/c1-10(12-4-2-3-5-13(12)15)16-14(19)17-7-6-11(8-17)9-18/h2-5,10-11,18H,6-9H2,1H3,(H,16,19). The molecule has 1 saturated heterocycles. The van der Waals surface area contributed by atoms with E-state index in [0.29, 0.717) is 18.1 Å². The Morgan fingerprint density at radius 3 is 2.95 bits per heavy atom. The van der Waals surface area contributed by atoms with E-state index >= 15 is 0 Å². The molecule has 0 aliphatic carbocycles. The van der Waals surface area contributed by atoms with Crippen LogP contribution in [0.25, 0.3) is 0 Å². The van der Waals surface area contributed by atoms with E-state index < -0.39 is 0 Å². The molecule has 104 valence electrons. The van der Waals surface area contributed by atoms with Crippen LogP contribution in [0.4, 0.5) is 4.79 Å². The Bertz CT molecular complexity index is 453. The van der Waals surface area contributed by atoms with E-state index in [-0.39, 0.29) is 24.6 Å². The highest BCUT2D eigenvalue weighted by molar-refractivity contribution is 6.31. The van der Waals surface area contributed by atoms with E-state index in [1.807, 2.05) is 31.2 Å². The Kier molecular flexibility index (Phi) is 4.66. The SMILES string of the molecule is CC(NC(=O)N1CCC(CO)C1)c1ccccc1Cl. The number of hydrogen-bond donors (Lipinski definition) is 2. The lowest BCUT2D eigenvalue weighted by molar-refractivity contribution is 0.195. The average molecular weight is 283 g/mol. The summed E-state index contributed by atoms with van der Waals surface area (Å²) in [7, 11) is 0. The van der Waals surface area contributed by atoms with Crippen LogP contribution in [0.5, 0.6) is 0 Å². The van der Waals surface area contributed by atoms with Crippen molar-refractivity contribution in [3.63, 3.8) is 0 Å². The fraction of sp³-hybridized carbons (Fsp3) is 0.500. The Balaban J connectivity index is 1.94. The summed E-state index contributed by atoms with van der Waals surface area (Å²) in [4.78, 5) is 13.8. The molecule has 1 aliphatic heterocycles. The number of benzene rings is 1. The van der Waals surface area contributed by atoms with Gasteiger partial charge in [-0.1, -0.05) is 29.8 Å². The van der Waals surface area contributed by atoms with Gasteiger partial charge in [0.05, 0.1) is 6.04 Å². The minimum absolute atomic E-state index is 0.0941. The molecule has 1 aliphatic rings. The minimum Gasteiger partial charge on any atom is -0.396 e. The van der Waals surface area contributed by atoms with Crippen molar-refractivity contribution >= 4 is 17.6 Å². The van der Waals surface area contributed by atoms with Gasteiger partial charge in [-0.3, -0.25) is 0 Å². The van der Waals surface area contributed by atoms with Crippen molar-refractivity contribution in [1.29, 1.82) is 0 Å². The lowest BCUT2D eigenvalue weighted by Gasteiger charge is -2.21. The first-order valence-corrected chi connectivity index (χ1v) is 6.90. The zero-order valence-electron chi connectivity index (χ0n) is 11.0. The molecule has 0 saturated carbocycles. The molecule has 19 heavy (non-hydrogen) atoms. The smallest absolute Gasteiger partial charge is 0.317 e. The highest BCUT2D eigenvalue weighted by atomic mass is 35.5. The average Bonchev–Trinajstić information content (AvgIpc) is 2.88. The van der Waals surface area contributed by atoms with Crippen molar-refractivity contribution < 1.29 is 9.90 Å². The summed E-state index contributed by atoms with van der Waals surface area (Å²) in [6.07, 6.45) is 0.865. The second-order valence-electron chi connectivity index (χ2n) is 4.98. The van der Waals surface area contributed by atoms with Crippen LogP contribution >= 0.6 is 11.6 Å². The van der Waals surface area contributed by atoms with Crippen molar-refractivity contribution in [2.75, 3.05) is 19.7 Å². The van der Waals surface area contributed by atoms with Crippen molar-refractivity contribution in [2.24, 2.45) is 5.92 Å². The third kappa shape index (κ3) is 3.39. The number of nitrogens with one attached hydrogen (secondary N) is 1. The first-order valence-electron chi connectivity index (χ1n) is 6.52. The topological polar surface area (TPSA) is 52.6 Å². The molecular formula is C14H19ClN2O2. The molecule has 2 rings (SSSR count). The Labute approximate surface area is 118 Å². The number of rotatable bonds is 3. The highest BCUT2D eigenvalue weighted by Crippen LogP contribution is 2.23. The zero-order chi connectivity index (χ0) is 13.8. The first kappa shape index (κ1) is 14.2. The van der Waals surface area contributed by atoms with Gasteiger partial charge in [-0.05, 0) is 25.0 Å². The first-order chi connectivity index (χ1) is 9.11. The maximum absolute atomic E-state index is 12.1. The fourth-order valence-corrected chi connectivity index (χ4v) is 2.65. The van der Waals surface area contributed by atoms with Crippen LogP contribution in [-0.4, -0.2) is 35.7 Å². The quantitative estimate of drug-likeness (QED) is 0.895. The predicted molar refractivity (Wildman–Crippen MR) is 75.2 cm³/mol. The van der Waals surface area contributed by atoms with E-state index in [1.54, 1.807) is 4.90 Å². The molecule has 0 aromatic heterocycles. The van der Waals surface area contributed by atoms with Gasteiger partial charge in [0.15, 0.2) is 0 Å². The molecule has 0 bridgehead atoms. The highest BCUT2D eigenvalue weighted by Gasteiger charge is 2.26. The summed E-state index contributed by atoms with van der Waals surface area (Å²) in [6, 6.07) is 7.27. The van der Waals surface area contributed by atoms with E-state index in [2.05, 4.69) is 5.32 Å². The molecule has 2 amide bonds. The van der Waals surface area contributed by atoms with Gasteiger partial charge in [-0.15, -0.1) is 0 Å². The number of carbonyl (C=O) groups is 1. The number of nitrogens with zero attached hydrogens (tertiary/aromatic N) is 1. The van der Waals surface area contributed by atoms with Crippen molar-refractivity contribution in [2.45, 2.75) is 19.4 Å². The molecule has 2 N–H and O–H groups in total. The van der Waals surface area contributed by atoms with Crippen LogP contribution in [0.15, 0.2) is 24.3 Å². The molecule has 1 aromatic rings. The number of aliphatic hydroxyl groups is 1. The number of hydrogen-bond acceptors (Lipinski definition) is 2. The lowest BCUT2D eigenvalue weighted by atomic mass is 10.1. The number of amides is 2.